The van der Waals surface area contributed by atoms with Gasteiger partial charge in [0.25, 0.3) is 0 Å². The predicted octanol–water partition coefficient (Wildman–Crippen LogP) is -0.890. The molecule has 0 fully saturated rings. The molecule has 0 aliphatic rings. The van der Waals surface area contributed by atoms with Crippen LogP contribution in [-0.2, 0) is 0 Å². The monoisotopic (exact) mass is 274 g/mol. The molecule has 0 spiro atoms. The largest absolute Gasteiger partial charge is 0.362 e. The molecule has 8 N–H and O–H groups in total. The second-order valence-electron chi connectivity index (χ2n) is 2.01. The molecule has 0 aromatic rings. The van der Waals surface area contributed by atoms with E-state index in [1.807, 2.05) is 13.8 Å². The van der Waals surface area contributed by atoms with Crippen molar-refractivity contribution in [1.82, 2.24) is 21.5 Å². The van der Waals surface area contributed by atoms with E-state index in [0.717, 1.165) is 13.1 Å². The van der Waals surface area contributed by atoms with E-state index in [9.17, 15) is 0 Å². The minimum Gasteiger partial charge on any atom is -0.362 e. The number of thiocarbonyl (C=S) groups is 2. The average Bonchev–Trinajstić information content (AvgIpc) is 2.19. The van der Waals surface area contributed by atoms with Gasteiger partial charge in [0.1, 0.15) is 0 Å². The molecule has 0 rings (SSSR count). The molecule has 0 aromatic carbocycles. The molecular weight excluding hydrogens is 256 g/mol. The minimum atomic E-state index is 0. The lowest BCUT2D eigenvalue weighted by molar-refractivity contribution is 0.901. The molecule has 0 bridgehead atoms. The van der Waals surface area contributed by atoms with Crippen LogP contribution in [0.5, 0.6) is 0 Å². The Morgan fingerprint density at radius 1 is 0.933 bits per heavy atom. The first-order chi connectivity index (χ1) is 6.62. The van der Waals surface area contributed by atoms with Crippen molar-refractivity contribution < 1.29 is 0 Å². The first-order valence-corrected chi connectivity index (χ1v) is 4.92. The lowest BCUT2D eigenvalue weighted by Gasteiger charge is -2.00. The Hall–Kier alpha value is -0.410. The third-order valence-electron chi connectivity index (χ3n) is 0.937. The normalized spacial score (nSPS) is 7.20. The topological polar surface area (TPSA) is 100 Å². The first kappa shape index (κ1) is 20.1. The fourth-order valence-electron chi connectivity index (χ4n) is 0.423. The number of nitrogens with two attached hydrogens (primary N) is 2. The zero-order chi connectivity index (χ0) is 11.4. The molecule has 0 saturated heterocycles. The summed E-state index contributed by atoms with van der Waals surface area (Å²) < 4.78 is 0. The zero-order valence-electron chi connectivity index (χ0n) is 8.79. The van der Waals surface area contributed by atoms with Gasteiger partial charge in [-0.2, -0.15) is 0 Å². The maximum atomic E-state index is 4.90. The summed E-state index contributed by atoms with van der Waals surface area (Å²) in [5.74, 6) is 9.81. The van der Waals surface area contributed by atoms with Gasteiger partial charge in [-0.1, -0.05) is 0 Å². The van der Waals surface area contributed by atoms with Gasteiger partial charge in [0, 0.05) is 13.1 Å². The molecule has 0 saturated carbocycles. The van der Waals surface area contributed by atoms with Gasteiger partial charge in [-0.3, -0.25) is 0 Å². The lowest BCUT2D eigenvalue weighted by atomic mass is 10.8. The third kappa shape index (κ3) is 19.8. The molecule has 0 amide bonds. The Morgan fingerprint density at radius 2 is 1.20 bits per heavy atom. The van der Waals surface area contributed by atoms with Gasteiger partial charge in [0.2, 0.25) is 0 Å². The van der Waals surface area contributed by atoms with Crippen molar-refractivity contribution in [3.63, 3.8) is 0 Å². The number of hydrazine groups is 2. The fraction of sp³-hybridized carbons (Fsp3) is 0.667. The highest BCUT2D eigenvalue weighted by Crippen LogP contribution is 1.57. The predicted molar refractivity (Wildman–Crippen MR) is 74.4 cm³/mol. The van der Waals surface area contributed by atoms with Crippen LogP contribution in [0.1, 0.15) is 13.8 Å². The van der Waals surface area contributed by atoms with Crippen molar-refractivity contribution in [3.05, 3.63) is 0 Å². The molecule has 92 valence electrons. The molecule has 15 heavy (non-hydrogen) atoms. The Balaban J connectivity index is -0.000000180. The summed E-state index contributed by atoms with van der Waals surface area (Å²) in [5, 5.41) is 6.56. The van der Waals surface area contributed by atoms with Gasteiger partial charge in [0.15, 0.2) is 10.2 Å². The summed E-state index contributed by atoms with van der Waals surface area (Å²) in [6, 6.07) is 0. The Morgan fingerprint density at radius 3 is 1.27 bits per heavy atom. The lowest BCUT2D eigenvalue weighted by Crippen LogP contribution is -2.39. The smallest absolute Gasteiger partial charge is 0.180 e. The summed E-state index contributed by atoms with van der Waals surface area (Å²) in [7, 11) is 0. The van der Waals surface area contributed by atoms with E-state index in [2.05, 4.69) is 45.9 Å². The van der Waals surface area contributed by atoms with E-state index in [1.54, 1.807) is 0 Å². The quantitative estimate of drug-likeness (QED) is 0.219. The van der Waals surface area contributed by atoms with E-state index in [4.69, 9.17) is 11.7 Å². The van der Waals surface area contributed by atoms with Crippen LogP contribution in [0.3, 0.4) is 0 Å². The number of hydrogen-bond donors (Lipinski definition) is 6. The molecule has 6 nitrogen and oxygen atoms in total. The average molecular weight is 275 g/mol. The maximum absolute atomic E-state index is 4.90. The molecule has 0 unspecified atom stereocenters. The summed E-state index contributed by atoms with van der Waals surface area (Å²) in [5.41, 5.74) is 4.57. The van der Waals surface area contributed by atoms with E-state index in [1.165, 1.54) is 0 Å². The van der Waals surface area contributed by atoms with Crippen molar-refractivity contribution in [2.75, 3.05) is 13.1 Å². The first-order valence-electron chi connectivity index (χ1n) is 4.11. The van der Waals surface area contributed by atoms with Gasteiger partial charge >= 0.3 is 0 Å². The molecule has 0 aromatic heterocycles. The number of hydrogen-bond acceptors (Lipinski definition) is 4. The van der Waals surface area contributed by atoms with Crippen LogP contribution in [0, 0.1) is 0 Å². The Bertz CT molecular complexity index is 150. The molecule has 9 heteroatoms. The van der Waals surface area contributed by atoms with E-state index >= 15 is 0 Å². The van der Waals surface area contributed by atoms with Crippen molar-refractivity contribution >= 4 is 47.1 Å². The SMILES string of the molecule is CCNC(=S)NN.CCNC(=S)NN.Cl. The van der Waals surface area contributed by atoms with Crippen LogP contribution in [-0.4, -0.2) is 23.3 Å². The van der Waals surface area contributed by atoms with E-state index < -0.39 is 0 Å². The van der Waals surface area contributed by atoms with E-state index in [-0.39, 0.29) is 12.4 Å². The second kappa shape index (κ2) is 16.0. The van der Waals surface area contributed by atoms with Crippen LogP contribution in [0.25, 0.3) is 0 Å². The van der Waals surface area contributed by atoms with Gasteiger partial charge in [-0.25, -0.2) is 11.7 Å². The Kier molecular flexibility index (Phi) is 21.4. The van der Waals surface area contributed by atoms with Gasteiger partial charge in [-0.15, -0.1) is 12.4 Å². The highest BCUT2D eigenvalue weighted by atomic mass is 35.5. The Labute approximate surface area is 107 Å². The van der Waals surface area contributed by atoms with Crippen LogP contribution in [0.4, 0.5) is 0 Å². The number of rotatable bonds is 2. The third-order valence-corrected chi connectivity index (χ3v) is 1.46. The van der Waals surface area contributed by atoms with Gasteiger partial charge in [0.05, 0.1) is 0 Å². The molecule has 0 radical (unpaired) electrons. The van der Waals surface area contributed by atoms with Crippen molar-refractivity contribution in [3.8, 4) is 0 Å². The maximum Gasteiger partial charge on any atom is 0.180 e. The summed E-state index contributed by atoms with van der Waals surface area (Å²) in [6.07, 6.45) is 0. The summed E-state index contributed by atoms with van der Waals surface area (Å²) in [4.78, 5) is 0. The number of nitrogens with one attached hydrogen (secondary N) is 4. The number of halogens is 1. The molecular formula is C6H19ClN6S2. The standard InChI is InChI=1S/2C3H9N3S.ClH/c2*1-2-5-3(7)6-4;/h2*2,4H2,1H3,(H2,5,6,7);1H. The van der Waals surface area contributed by atoms with E-state index in [0.29, 0.717) is 10.2 Å². The van der Waals surface area contributed by atoms with Crippen molar-refractivity contribution in [2.45, 2.75) is 13.8 Å². The van der Waals surface area contributed by atoms with Crippen molar-refractivity contribution in [2.24, 2.45) is 11.7 Å². The highest BCUT2D eigenvalue weighted by Gasteiger charge is 1.81. The van der Waals surface area contributed by atoms with Crippen LogP contribution in [0.2, 0.25) is 0 Å². The summed E-state index contributed by atoms with van der Waals surface area (Å²) >= 11 is 9.21. The second-order valence-corrected chi connectivity index (χ2v) is 2.82. The van der Waals surface area contributed by atoms with Gasteiger partial charge in [-0.05, 0) is 38.3 Å². The highest BCUT2D eigenvalue weighted by molar-refractivity contribution is 7.80. The van der Waals surface area contributed by atoms with Gasteiger partial charge < -0.3 is 21.5 Å². The van der Waals surface area contributed by atoms with Crippen LogP contribution < -0.4 is 33.2 Å². The molecule has 0 atom stereocenters. The zero-order valence-corrected chi connectivity index (χ0v) is 11.2. The van der Waals surface area contributed by atoms with Crippen molar-refractivity contribution in [1.29, 1.82) is 0 Å². The molecule has 0 aliphatic heterocycles. The summed E-state index contributed by atoms with van der Waals surface area (Å²) in [6.45, 7) is 5.51. The fourth-order valence-corrected chi connectivity index (χ4v) is 0.712. The van der Waals surface area contributed by atoms with Crippen LogP contribution >= 0.6 is 36.8 Å². The molecule has 0 heterocycles. The molecule has 0 aliphatic carbocycles. The van der Waals surface area contributed by atoms with Crippen LogP contribution in [0.15, 0.2) is 0 Å². The minimum absolute atomic E-state index is 0.